The molecule has 2 atom stereocenters. The van der Waals surface area contributed by atoms with Crippen LogP contribution >= 0.6 is 24.8 Å². The van der Waals surface area contributed by atoms with Gasteiger partial charge in [-0.2, -0.15) is 0 Å². The summed E-state index contributed by atoms with van der Waals surface area (Å²) in [5, 5.41) is 3.05. The van der Waals surface area contributed by atoms with E-state index in [9.17, 15) is 4.79 Å². The average molecular weight is 426 g/mol. The molecule has 1 amide bonds. The van der Waals surface area contributed by atoms with Crippen molar-refractivity contribution in [3.05, 3.63) is 65.7 Å². The first-order valence-corrected chi connectivity index (χ1v) is 9.15. The maximum atomic E-state index is 12.6. The number of amides is 1. The smallest absolute Gasteiger partial charge is 0.225 e. The van der Waals surface area contributed by atoms with Gasteiger partial charge in [-0.1, -0.05) is 55.5 Å². The number of halogens is 2. The molecular formula is C21H29Cl2N3O2. The highest BCUT2D eigenvalue weighted by molar-refractivity contribution is 5.85. The predicted octanol–water partition coefficient (Wildman–Crippen LogP) is 3.32. The minimum Gasteiger partial charge on any atom is -0.378 e. The SMILES string of the molecule is CC(C(=O)NCc1ccccc1N1CCOCC1)C(N)c1ccccc1.Cl.Cl. The molecule has 1 heterocycles. The van der Waals surface area contributed by atoms with Gasteiger partial charge in [-0.3, -0.25) is 4.79 Å². The minimum absolute atomic E-state index is 0. The van der Waals surface area contributed by atoms with Crippen molar-refractivity contribution in [1.82, 2.24) is 5.32 Å². The van der Waals surface area contributed by atoms with E-state index in [0.29, 0.717) is 6.54 Å². The molecule has 0 radical (unpaired) electrons. The van der Waals surface area contributed by atoms with E-state index in [2.05, 4.69) is 22.3 Å². The molecule has 1 saturated heterocycles. The van der Waals surface area contributed by atoms with E-state index >= 15 is 0 Å². The standard InChI is InChI=1S/C21H27N3O2.2ClH/c1-16(20(22)17-7-3-2-4-8-17)21(25)23-15-18-9-5-6-10-19(18)24-11-13-26-14-12-24;;/h2-10,16,20H,11-15,22H2,1H3,(H,23,25);2*1H. The Labute approximate surface area is 179 Å². The van der Waals surface area contributed by atoms with Crippen molar-refractivity contribution in [1.29, 1.82) is 0 Å². The van der Waals surface area contributed by atoms with Crippen molar-refractivity contribution in [3.63, 3.8) is 0 Å². The number of nitrogens with zero attached hydrogens (tertiary/aromatic N) is 1. The van der Waals surface area contributed by atoms with Gasteiger partial charge in [-0.25, -0.2) is 0 Å². The quantitative estimate of drug-likeness (QED) is 0.744. The number of morpholine rings is 1. The van der Waals surface area contributed by atoms with E-state index in [1.54, 1.807) is 0 Å². The van der Waals surface area contributed by atoms with Gasteiger partial charge in [0.05, 0.1) is 19.1 Å². The molecule has 1 fully saturated rings. The molecule has 3 rings (SSSR count). The van der Waals surface area contributed by atoms with Gasteiger partial charge >= 0.3 is 0 Å². The van der Waals surface area contributed by atoms with Crippen LogP contribution in [0.5, 0.6) is 0 Å². The Morgan fingerprint density at radius 3 is 2.36 bits per heavy atom. The van der Waals surface area contributed by atoms with Crippen LogP contribution in [-0.4, -0.2) is 32.2 Å². The molecule has 5 nitrogen and oxygen atoms in total. The summed E-state index contributed by atoms with van der Waals surface area (Å²) in [6.45, 7) is 5.60. The molecule has 154 valence electrons. The Balaban J connectivity index is 0.00000196. The number of anilines is 1. The Morgan fingerprint density at radius 1 is 1.07 bits per heavy atom. The summed E-state index contributed by atoms with van der Waals surface area (Å²) in [6.07, 6.45) is 0. The lowest BCUT2D eigenvalue weighted by atomic mass is 9.94. The molecule has 2 aromatic carbocycles. The molecule has 2 unspecified atom stereocenters. The predicted molar refractivity (Wildman–Crippen MR) is 118 cm³/mol. The maximum Gasteiger partial charge on any atom is 0.225 e. The van der Waals surface area contributed by atoms with Crippen LogP contribution in [-0.2, 0) is 16.1 Å². The topological polar surface area (TPSA) is 67.6 Å². The number of benzene rings is 2. The first kappa shape index (κ1) is 24.2. The van der Waals surface area contributed by atoms with Crippen LogP contribution in [0.3, 0.4) is 0 Å². The summed E-state index contributed by atoms with van der Waals surface area (Å²) in [4.78, 5) is 14.9. The third kappa shape index (κ3) is 6.11. The molecule has 7 heteroatoms. The lowest BCUT2D eigenvalue weighted by Crippen LogP contribution is -2.38. The number of nitrogens with two attached hydrogens (primary N) is 1. The molecular weight excluding hydrogens is 397 g/mol. The number of nitrogens with one attached hydrogen (secondary N) is 1. The second-order valence-electron chi connectivity index (χ2n) is 6.67. The first-order chi connectivity index (χ1) is 12.7. The third-order valence-corrected chi connectivity index (χ3v) is 4.93. The van der Waals surface area contributed by atoms with Gasteiger partial charge < -0.3 is 20.7 Å². The third-order valence-electron chi connectivity index (χ3n) is 4.93. The molecule has 1 aliphatic heterocycles. The monoisotopic (exact) mass is 425 g/mol. The zero-order valence-corrected chi connectivity index (χ0v) is 17.7. The fraction of sp³-hybridized carbons (Fsp3) is 0.381. The molecule has 0 aliphatic carbocycles. The number of ether oxygens (including phenoxy) is 1. The molecule has 0 aromatic heterocycles. The van der Waals surface area contributed by atoms with Crippen molar-refractivity contribution in [2.75, 3.05) is 31.2 Å². The molecule has 28 heavy (non-hydrogen) atoms. The van der Waals surface area contributed by atoms with E-state index in [1.165, 1.54) is 0 Å². The Bertz CT molecular complexity index is 725. The zero-order valence-electron chi connectivity index (χ0n) is 16.0. The number of rotatable bonds is 6. The zero-order chi connectivity index (χ0) is 18.4. The van der Waals surface area contributed by atoms with Crippen molar-refractivity contribution in [3.8, 4) is 0 Å². The van der Waals surface area contributed by atoms with Crippen LogP contribution in [0.2, 0.25) is 0 Å². The Kier molecular flexibility index (Phi) is 10.3. The molecule has 1 aliphatic rings. The highest BCUT2D eigenvalue weighted by Gasteiger charge is 2.22. The molecule has 0 bridgehead atoms. The van der Waals surface area contributed by atoms with Gasteiger partial charge in [-0.05, 0) is 17.2 Å². The number of hydrogen-bond donors (Lipinski definition) is 2. The fourth-order valence-corrected chi connectivity index (χ4v) is 3.24. The number of para-hydroxylation sites is 1. The Morgan fingerprint density at radius 2 is 1.68 bits per heavy atom. The van der Waals surface area contributed by atoms with E-state index < -0.39 is 0 Å². The summed E-state index contributed by atoms with van der Waals surface area (Å²) in [5.74, 6) is -0.328. The van der Waals surface area contributed by atoms with Crippen molar-refractivity contribution >= 4 is 36.4 Å². The number of carbonyl (C=O) groups excluding carboxylic acids is 1. The van der Waals surface area contributed by atoms with E-state index in [4.69, 9.17) is 10.5 Å². The fourth-order valence-electron chi connectivity index (χ4n) is 3.24. The van der Waals surface area contributed by atoms with Crippen molar-refractivity contribution in [2.24, 2.45) is 11.7 Å². The highest BCUT2D eigenvalue weighted by atomic mass is 35.5. The number of carbonyl (C=O) groups is 1. The second-order valence-corrected chi connectivity index (χ2v) is 6.67. The normalized spacial score (nSPS) is 15.6. The molecule has 3 N–H and O–H groups in total. The second kappa shape index (κ2) is 11.9. The van der Waals surface area contributed by atoms with Gasteiger partial charge in [0.2, 0.25) is 5.91 Å². The van der Waals surface area contributed by atoms with Crippen LogP contribution in [0.1, 0.15) is 24.1 Å². The average Bonchev–Trinajstić information content (AvgIpc) is 2.72. The van der Waals surface area contributed by atoms with Gasteiger partial charge in [0, 0.05) is 31.4 Å². The van der Waals surface area contributed by atoms with Crippen LogP contribution in [0.4, 0.5) is 5.69 Å². The summed E-state index contributed by atoms with van der Waals surface area (Å²) in [6, 6.07) is 17.6. The summed E-state index contributed by atoms with van der Waals surface area (Å²) in [5.41, 5.74) is 9.53. The van der Waals surface area contributed by atoms with Crippen molar-refractivity contribution < 1.29 is 9.53 Å². The van der Waals surface area contributed by atoms with Gasteiger partial charge in [-0.15, -0.1) is 24.8 Å². The van der Waals surface area contributed by atoms with Gasteiger partial charge in [0.15, 0.2) is 0 Å². The minimum atomic E-state index is -0.314. The van der Waals surface area contributed by atoms with Crippen molar-refractivity contribution in [2.45, 2.75) is 19.5 Å². The molecule has 0 spiro atoms. The number of hydrogen-bond acceptors (Lipinski definition) is 4. The lowest BCUT2D eigenvalue weighted by Gasteiger charge is -2.30. The Hall–Kier alpha value is -1.79. The molecule has 2 aromatic rings. The summed E-state index contributed by atoms with van der Waals surface area (Å²) >= 11 is 0. The molecule has 0 saturated carbocycles. The summed E-state index contributed by atoms with van der Waals surface area (Å²) < 4.78 is 5.43. The lowest BCUT2D eigenvalue weighted by molar-refractivity contribution is -0.125. The van der Waals surface area contributed by atoms with Crippen LogP contribution in [0, 0.1) is 5.92 Å². The van der Waals surface area contributed by atoms with E-state index in [-0.39, 0.29) is 42.7 Å². The van der Waals surface area contributed by atoms with Gasteiger partial charge in [0.1, 0.15) is 0 Å². The maximum absolute atomic E-state index is 12.6. The van der Waals surface area contributed by atoms with Crippen LogP contribution in [0.15, 0.2) is 54.6 Å². The largest absolute Gasteiger partial charge is 0.378 e. The van der Waals surface area contributed by atoms with E-state index in [1.807, 2.05) is 49.4 Å². The highest BCUT2D eigenvalue weighted by Crippen LogP contribution is 2.22. The van der Waals surface area contributed by atoms with E-state index in [0.717, 1.165) is 43.1 Å². The summed E-state index contributed by atoms with van der Waals surface area (Å²) in [7, 11) is 0. The first-order valence-electron chi connectivity index (χ1n) is 9.15. The van der Waals surface area contributed by atoms with Gasteiger partial charge in [0.25, 0.3) is 0 Å². The van der Waals surface area contributed by atoms with Crippen LogP contribution < -0.4 is 16.0 Å². The van der Waals surface area contributed by atoms with Crippen LogP contribution in [0.25, 0.3) is 0 Å².